The van der Waals surface area contributed by atoms with Crippen molar-refractivity contribution in [3.05, 3.63) is 29.6 Å². The van der Waals surface area contributed by atoms with Crippen LogP contribution in [0.3, 0.4) is 0 Å². The first-order valence-corrected chi connectivity index (χ1v) is 7.36. The Labute approximate surface area is 123 Å². The third-order valence-electron chi connectivity index (χ3n) is 4.09. The summed E-state index contributed by atoms with van der Waals surface area (Å²) in [6, 6.07) is 5.49. The molecule has 0 spiro atoms. The van der Waals surface area contributed by atoms with E-state index in [-0.39, 0.29) is 0 Å². The lowest BCUT2D eigenvalue weighted by Gasteiger charge is -2.17. The number of methoxy groups -OCH3 is 1. The molecule has 1 aromatic heterocycles. The summed E-state index contributed by atoms with van der Waals surface area (Å²) in [5.41, 5.74) is 2.09. The van der Waals surface area contributed by atoms with Crippen LogP contribution in [-0.2, 0) is 4.74 Å². The normalized spacial score (nSPS) is 16.3. The lowest BCUT2D eigenvalue weighted by molar-refractivity contribution is 0.0697. The zero-order chi connectivity index (χ0) is 15.0. The smallest absolute Gasteiger partial charge is 0.335 e. The third kappa shape index (κ3) is 2.65. The van der Waals surface area contributed by atoms with E-state index in [1.54, 1.807) is 19.2 Å². The molecule has 1 fully saturated rings. The lowest BCUT2D eigenvalue weighted by Crippen LogP contribution is -2.11. The Morgan fingerprint density at radius 2 is 2.29 bits per heavy atom. The van der Waals surface area contributed by atoms with Crippen LogP contribution in [0.1, 0.15) is 54.3 Å². The molecule has 112 valence electrons. The number of benzene rings is 1. The van der Waals surface area contributed by atoms with E-state index in [9.17, 15) is 4.79 Å². The van der Waals surface area contributed by atoms with E-state index in [0.29, 0.717) is 24.1 Å². The molecule has 1 aromatic carbocycles. The number of carboxylic acid groups (broad SMARTS) is 1. The van der Waals surface area contributed by atoms with Crippen LogP contribution in [0.15, 0.2) is 18.2 Å². The van der Waals surface area contributed by atoms with E-state index >= 15 is 0 Å². The summed E-state index contributed by atoms with van der Waals surface area (Å²) in [6.07, 6.45) is 3.26. The summed E-state index contributed by atoms with van der Waals surface area (Å²) in [5, 5.41) is 9.12. The fourth-order valence-corrected chi connectivity index (χ4v) is 2.76. The summed E-state index contributed by atoms with van der Waals surface area (Å²) < 4.78 is 7.44. The van der Waals surface area contributed by atoms with Crippen LogP contribution in [0, 0.1) is 0 Å². The van der Waals surface area contributed by atoms with Gasteiger partial charge in [0.1, 0.15) is 5.82 Å². The number of ether oxygens (including phenoxy) is 1. The SMILES string of the molecule is COCCC(C)n1c(C2CC2)nc2cc(C(=O)O)ccc21. The Morgan fingerprint density at radius 1 is 1.52 bits per heavy atom. The molecule has 2 aromatic rings. The minimum absolute atomic E-state index is 0.291. The van der Waals surface area contributed by atoms with Crippen LogP contribution in [0.5, 0.6) is 0 Å². The van der Waals surface area contributed by atoms with Crippen molar-refractivity contribution in [3.8, 4) is 0 Å². The fourth-order valence-electron chi connectivity index (χ4n) is 2.76. The van der Waals surface area contributed by atoms with E-state index in [1.807, 2.05) is 6.07 Å². The Hall–Kier alpha value is -1.88. The molecule has 0 radical (unpaired) electrons. The molecule has 1 N–H and O–H groups in total. The van der Waals surface area contributed by atoms with E-state index < -0.39 is 5.97 Å². The van der Waals surface area contributed by atoms with Crippen LogP contribution in [0.25, 0.3) is 11.0 Å². The van der Waals surface area contributed by atoms with E-state index in [2.05, 4.69) is 11.5 Å². The topological polar surface area (TPSA) is 64.4 Å². The maximum absolute atomic E-state index is 11.1. The highest BCUT2D eigenvalue weighted by Gasteiger charge is 2.31. The second kappa shape index (κ2) is 5.48. The van der Waals surface area contributed by atoms with Crippen LogP contribution in [0.2, 0.25) is 0 Å². The number of nitrogens with zero attached hydrogens (tertiary/aromatic N) is 2. The number of aromatic nitrogens is 2. The second-order valence-corrected chi connectivity index (χ2v) is 5.75. The molecule has 0 bridgehead atoms. The predicted octanol–water partition coefficient (Wildman–Crippen LogP) is 3.21. The maximum atomic E-state index is 11.1. The van der Waals surface area contributed by atoms with Gasteiger partial charge in [0, 0.05) is 25.7 Å². The van der Waals surface area contributed by atoms with E-state index in [0.717, 1.165) is 23.3 Å². The van der Waals surface area contributed by atoms with Crippen molar-refractivity contribution in [2.24, 2.45) is 0 Å². The quantitative estimate of drug-likeness (QED) is 0.886. The Kier molecular flexibility index (Phi) is 3.68. The van der Waals surface area contributed by atoms with Gasteiger partial charge in [-0.1, -0.05) is 0 Å². The minimum atomic E-state index is -0.910. The number of rotatable bonds is 6. The van der Waals surface area contributed by atoms with Gasteiger partial charge in [0.2, 0.25) is 0 Å². The molecular formula is C16H20N2O3. The summed E-state index contributed by atoms with van der Waals surface area (Å²) in [5.74, 6) is 0.707. The Balaban J connectivity index is 2.07. The molecule has 1 heterocycles. The van der Waals surface area contributed by atoms with Crippen LogP contribution < -0.4 is 0 Å². The molecule has 1 atom stereocenters. The molecule has 5 nitrogen and oxygen atoms in total. The molecule has 21 heavy (non-hydrogen) atoms. The first kappa shape index (κ1) is 14.1. The number of carboxylic acids is 1. The largest absolute Gasteiger partial charge is 0.478 e. The summed E-state index contributed by atoms with van der Waals surface area (Å²) in [6.45, 7) is 2.87. The van der Waals surface area contributed by atoms with Gasteiger partial charge < -0.3 is 14.4 Å². The van der Waals surface area contributed by atoms with Gasteiger partial charge in [0.25, 0.3) is 0 Å². The average molecular weight is 288 g/mol. The standard InChI is InChI=1S/C16H20N2O3/c1-10(7-8-21-2)18-14-6-5-12(16(19)20)9-13(14)17-15(18)11-3-4-11/h5-6,9-11H,3-4,7-8H2,1-2H3,(H,19,20). The number of aromatic carboxylic acids is 1. The van der Waals surface area contributed by atoms with Crippen molar-refractivity contribution in [1.82, 2.24) is 9.55 Å². The Bertz CT molecular complexity index is 673. The molecule has 3 rings (SSSR count). The van der Waals surface area contributed by atoms with E-state index in [1.165, 1.54) is 12.8 Å². The van der Waals surface area contributed by atoms with Gasteiger partial charge in [-0.25, -0.2) is 9.78 Å². The highest BCUT2D eigenvalue weighted by atomic mass is 16.5. The molecule has 1 aliphatic rings. The van der Waals surface area contributed by atoms with Gasteiger partial charge in [-0.3, -0.25) is 0 Å². The number of imidazole rings is 1. The Morgan fingerprint density at radius 3 is 2.90 bits per heavy atom. The summed E-state index contributed by atoms with van der Waals surface area (Å²) >= 11 is 0. The van der Waals surface area contributed by atoms with Crippen molar-refractivity contribution < 1.29 is 14.6 Å². The predicted molar refractivity (Wildman–Crippen MR) is 79.9 cm³/mol. The third-order valence-corrected chi connectivity index (χ3v) is 4.09. The van der Waals surface area contributed by atoms with Gasteiger partial charge in [-0.15, -0.1) is 0 Å². The van der Waals surface area contributed by atoms with Gasteiger partial charge >= 0.3 is 5.97 Å². The number of carbonyl (C=O) groups is 1. The average Bonchev–Trinajstić information content (AvgIpc) is 3.24. The molecule has 5 heteroatoms. The molecule has 0 aliphatic heterocycles. The zero-order valence-corrected chi connectivity index (χ0v) is 12.4. The number of hydrogen-bond acceptors (Lipinski definition) is 3. The number of fused-ring (bicyclic) bond motifs is 1. The molecule has 0 saturated heterocycles. The van der Waals surface area contributed by atoms with Crippen molar-refractivity contribution in [3.63, 3.8) is 0 Å². The maximum Gasteiger partial charge on any atom is 0.335 e. The fraction of sp³-hybridized carbons (Fsp3) is 0.500. The summed E-state index contributed by atoms with van der Waals surface area (Å²) in [7, 11) is 1.71. The van der Waals surface area contributed by atoms with Gasteiger partial charge in [0.15, 0.2) is 0 Å². The lowest BCUT2D eigenvalue weighted by atomic mass is 10.2. The van der Waals surface area contributed by atoms with Crippen molar-refractivity contribution in [1.29, 1.82) is 0 Å². The van der Waals surface area contributed by atoms with Gasteiger partial charge in [-0.2, -0.15) is 0 Å². The summed E-state index contributed by atoms with van der Waals surface area (Å²) in [4.78, 5) is 15.8. The highest BCUT2D eigenvalue weighted by Crippen LogP contribution is 2.42. The van der Waals surface area contributed by atoms with Crippen molar-refractivity contribution >= 4 is 17.0 Å². The van der Waals surface area contributed by atoms with Crippen molar-refractivity contribution in [2.45, 2.75) is 38.1 Å². The minimum Gasteiger partial charge on any atom is -0.478 e. The molecule has 1 aliphatic carbocycles. The molecule has 1 saturated carbocycles. The molecular weight excluding hydrogens is 268 g/mol. The van der Waals surface area contributed by atoms with Crippen molar-refractivity contribution in [2.75, 3.05) is 13.7 Å². The molecule has 0 amide bonds. The number of hydrogen-bond donors (Lipinski definition) is 1. The second-order valence-electron chi connectivity index (χ2n) is 5.75. The molecule has 1 unspecified atom stereocenters. The van der Waals surface area contributed by atoms with Crippen LogP contribution >= 0.6 is 0 Å². The van der Waals surface area contributed by atoms with Gasteiger partial charge in [-0.05, 0) is 44.4 Å². The first-order chi connectivity index (χ1) is 10.1. The van der Waals surface area contributed by atoms with Crippen LogP contribution in [-0.4, -0.2) is 34.3 Å². The van der Waals surface area contributed by atoms with Gasteiger partial charge in [0.05, 0.1) is 16.6 Å². The first-order valence-electron chi connectivity index (χ1n) is 7.36. The zero-order valence-electron chi connectivity index (χ0n) is 12.4. The monoisotopic (exact) mass is 288 g/mol. The van der Waals surface area contributed by atoms with Crippen LogP contribution in [0.4, 0.5) is 0 Å². The highest BCUT2D eigenvalue weighted by molar-refractivity contribution is 5.92. The van der Waals surface area contributed by atoms with E-state index in [4.69, 9.17) is 14.8 Å².